The van der Waals surface area contributed by atoms with Crippen molar-refractivity contribution >= 4 is 11.6 Å². The van der Waals surface area contributed by atoms with E-state index in [9.17, 15) is 5.11 Å². The highest BCUT2D eigenvalue weighted by molar-refractivity contribution is 6.32. The van der Waals surface area contributed by atoms with Gasteiger partial charge in [-0.25, -0.2) is 0 Å². The molecule has 0 aliphatic rings. The van der Waals surface area contributed by atoms with E-state index in [4.69, 9.17) is 22.1 Å². The van der Waals surface area contributed by atoms with Gasteiger partial charge in [-0.3, -0.25) is 0 Å². The molecule has 3 N–H and O–H groups in total. The van der Waals surface area contributed by atoms with Crippen molar-refractivity contribution < 1.29 is 9.84 Å². The Morgan fingerprint density at radius 1 is 1.53 bits per heavy atom. The van der Waals surface area contributed by atoms with Gasteiger partial charge in [-0.1, -0.05) is 17.7 Å². The lowest BCUT2D eigenvalue weighted by Crippen LogP contribution is -2.36. The molecule has 0 amide bonds. The normalized spacial score (nSPS) is 14.7. The van der Waals surface area contributed by atoms with Gasteiger partial charge < -0.3 is 15.6 Å². The summed E-state index contributed by atoms with van der Waals surface area (Å²) in [5.41, 5.74) is 5.49. The van der Waals surface area contributed by atoms with Gasteiger partial charge >= 0.3 is 0 Å². The zero-order valence-electron chi connectivity index (χ0n) is 8.96. The van der Waals surface area contributed by atoms with Crippen LogP contribution in [0, 0.1) is 0 Å². The van der Waals surface area contributed by atoms with Gasteiger partial charge in [-0.15, -0.1) is 0 Å². The fourth-order valence-corrected chi connectivity index (χ4v) is 1.61. The zero-order valence-corrected chi connectivity index (χ0v) is 9.71. The molecule has 1 atom stereocenters. The van der Waals surface area contributed by atoms with Crippen LogP contribution in [0.25, 0.3) is 0 Å². The van der Waals surface area contributed by atoms with E-state index in [1.807, 2.05) is 6.07 Å². The van der Waals surface area contributed by atoms with Crippen molar-refractivity contribution in [2.24, 2.45) is 5.73 Å². The maximum Gasteiger partial charge on any atom is 0.137 e. The van der Waals surface area contributed by atoms with E-state index in [-0.39, 0.29) is 6.54 Å². The van der Waals surface area contributed by atoms with E-state index in [1.165, 1.54) is 0 Å². The fraction of sp³-hybridized carbons (Fsp3) is 0.455. The summed E-state index contributed by atoms with van der Waals surface area (Å²) in [7, 11) is 1.57. The van der Waals surface area contributed by atoms with Gasteiger partial charge in [-0.2, -0.15) is 0 Å². The van der Waals surface area contributed by atoms with Gasteiger partial charge in [-0.05, 0) is 24.6 Å². The number of halogens is 1. The van der Waals surface area contributed by atoms with Gasteiger partial charge in [0.2, 0.25) is 0 Å². The van der Waals surface area contributed by atoms with Crippen LogP contribution in [-0.2, 0) is 6.42 Å². The quantitative estimate of drug-likeness (QED) is 0.825. The number of benzene rings is 1. The van der Waals surface area contributed by atoms with Crippen molar-refractivity contribution in [2.45, 2.75) is 18.9 Å². The number of aliphatic hydroxyl groups is 1. The molecule has 0 spiro atoms. The molecule has 1 aromatic rings. The molecule has 0 aromatic heterocycles. The standard InChI is InChI=1S/C11H16ClNO2/c1-11(14,7-13)6-8-3-4-10(15-2)9(12)5-8/h3-5,14H,6-7,13H2,1-2H3. The van der Waals surface area contributed by atoms with Crippen molar-refractivity contribution in [3.8, 4) is 5.75 Å². The maximum atomic E-state index is 9.79. The molecule has 0 aliphatic carbocycles. The molecule has 0 aliphatic heterocycles. The Hall–Kier alpha value is -0.770. The predicted octanol–water partition coefficient (Wildman–Crippen LogP) is 1.60. The Morgan fingerprint density at radius 2 is 2.20 bits per heavy atom. The van der Waals surface area contributed by atoms with Crippen LogP contribution in [0.15, 0.2) is 18.2 Å². The van der Waals surface area contributed by atoms with Crippen LogP contribution in [-0.4, -0.2) is 24.4 Å². The van der Waals surface area contributed by atoms with Gasteiger partial charge in [0.15, 0.2) is 0 Å². The summed E-state index contributed by atoms with van der Waals surface area (Å²) in [6, 6.07) is 5.43. The number of methoxy groups -OCH3 is 1. The molecular weight excluding hydrogens is 214 g/mol. The number of hydrogen-bond acceptors (Lipinski definition) is 3. The second kappa shape index (κ2) is 4.84. The first-order valence-electron chi connectivity index (χ1n) is 4.73. The summed E-state index contributed by atoms with van der Waals surface area (Å²) < 4.78 is 5.04. The Morgan fingerprint density at radius 3 is 2.67 bits per heavy atom. The first kappa shape index (κ1) is 12.3. The molecule has 0 fully saturated rings. The third-order valence-electron chi connectivity index (χ3n) is 2.24. The smallest absolute Gasteiger partial charge is 0.137 e. The first-order valence-corrected chi connectivity index (χ1v) is 5.11. The minimum atomic E-state index is -0.891. The lowest BCUT2D eigenvalue weighted by atomic mass is 9.97. The highest BCUT2D eigenvalue weighted by Gasteiger charge is 2.18. The van der Waals surface area contributed by atoms with Gasteiger partial charge in [0.1, 0.15) is 5.75 Å². The summed E-state index contributed by atoms with van der Waals surface area (Å²) >= 11 is 5.96. The van der Waals surface area contributed by atoms with Crippen molar-refractivity contribution in [1.82, 2.24) is 0 Å². The summed E-state index contributed by atoms with van der Waals surface area (Å²) in [6.45, 7) is 1.92. The highest BCUT2D eigenvalue weighted by atomic mass is 35.5. The highest BCUT2D eigenvalue weighted by Crippen LogP contribution is 2.26. The SMILES string of the molecule is COc1ccc(CC(C)(O)CN)cc1Cl. The van der Waals surface area contributed by atoms with E-state index in [0.717, 1.165) is 5.56 Å². The van der Waals surface area contributed by atoms with Gasteiger partial charge in [0.25, 0.3) is 0 Å². The molecule has 0 radical (unpaired) electrons. The monoisotopic (exact) mass is 229 g/mol. The molecule has 1 unspecified atom stereocenters. The van der Waals surface area contributed by atoms with Crippen LogP contribution in [0.1, 0.15) is 12.5 Å². The van der Waals surface area contributed by atoms with Gasteiger partial charge in [0, 0.05) is 13.0 Å². The third-order valence-corrected chi connectivity index (χ3v) is 2.54. The molecule has 0 bridgehead atoms. The molecule has 0 heterocycles. The van der Waals surface area contributed by atoms with Crippen molar-refractivity contribution in [2.75, 3.05) is 13.7 Å². The zero-order chi connectivity index (χ0) is 11.5. The van der Waals surface area contributed by atoms with E-state index in [0.29, 0.717) is 17.2 Å². The Bertz CT molecular complexity index is 339. The van der Waals surface area contributed by atoms with Crippen molar-refractivity contribution in [1.29, 1.82) is 0 Å². The van der Waals surface area contributed by atoms with Crippen LogP contribution >= 0.6 is 11.6 Å². The second-order valence-corrected chi connectivity index (χ2v) is 4.25. The molecule has 3 nitrogen and oxygen atoms in total. The summed E-state index contributed by atoms with van der Waals surface area (Å²) in [5.74, 6) is 0.632. The molecule has 1 rings (SSSR count). The topological polar surface area (TPSA) is 55.5 Å². The van der Waals surface area contributed by atoms with Crippen LogP contribution in [0.2, 0.25) is 5.02 Å². The van der Waals surface area contributed by atoms with Gasteiger partial charge in [0.05, 0.1) is 17.7 Å². The molecule has 4 heteroatoms. The lowest BCUT2D eigenvalue weighted by Gasteiger charge is -2.21. The summed E-state index contributed by atoms with van der Waals surface area (Å²) in [4.78, 5) is 0. The number of rotatable bonds is 4. The van der Waals surface area contributed by atoms with Crippen LogP contribution in [0.4, 0.5) is 0 Å². The lowest BCUT2D eigenvalue weighted by molar-refractivity contribution is 0.0696. The summed E-state index contributed by atoms with van der Waals surface area (Å²) in [6.07, 6.45) is 0.479. The first-order chi connectivity index (χ1) is 6.98. The minimum Gasteiger partial charge on any atom is -0.495 e. The minimum absolute atomic E-state index is 0.219. The molecular formula is C11H16ClNO2. The van der Waals surface area contributed by atoms with Crippen LogP contribution in [0.5, 0.6) is 5.75 Å². The number of nitrogens with two attached hydrogens (primary N) is 1. The van der Waals surface area contributed by atoms with E-state index in [1.54, 1.807) is 26.2 Å². The molecule has 0 saturated carbocycles. The average molecular weight is 230 g/mol. The average Bonchev–Trinajstić information content (AvgIpc) is 2.17. The predicted molar refractivity (Wildman–Crippen MR) is 61.4 cm³/mol. The van der Waals surface area contributed by atoms with Crippen LogP contribution in [0.3, 0.4) is 0 Å². The van der Waals surface area contributed by atoms with E-state index in [2.05, 4.69) is 0 Å². The number of hydrogen-bond donors (Lipinski definition) is 2. The Labute approximate surface area is 94.8 Å². The molecule has 15 heavy (non-hydrogen) atoms. The third kappa shape index (κ3) is 3.38. The van der Waals surface area contributed by atoms with Crippen molar-refractivity contribution in [3.63, 3.8) is 0 Å². The van der Waals surface area contributed by atoms with E-state index >= 15 is 0 Å². The fourth-order valence-electron chi connectivity index (χ4n) is 1.33. The van der Waals surface area contributed by atoms with Crippen molar-refractivity contribution in [3.05, 3.63) is 28.8 Å². The number of ether oxygens (including phenoxy) is 1. The van der Waals surface area contributed by atoms with Crippen LogP contribution < -0.4 is 10.5 Å². The summed E-state index contributed by atoms with van der Waals surface area (Å²) in [5, 5.41) is 10.3. The molecule has 0 saturated heterocycles. The maximum absolute atomic E-state index is 9.79. The molecule has 1 aromatic carbocycles. The Kier molecular flexibility index (Phi) is 3.97. The Balaban J connectivity index is 2.84. The molecule has 84 valence electrons. The largest absolute Gasteiger partial charge is 0.495 e. The second-order valence-electron chi connectivity index (χ2n) is 3.85. The van der Waals surface area contributed by atoms with E-state index < -0.39 is 5.60 Å².